The second-order valence-electron chi connectivity index (χ2n) is 7.39. The first-order valence-corrected chi connectivity index (χ1v) is 10.3. The Balaban J connectivity index is 1.94. The molecule has 4 rings (SSSR count). The van der Waals surface area contributed by atoms with Crippen molar-refractivity contribution in [3.63, 3.8) is 0 Å². The van der Waals surface area contributed by atoms with E-state index in [4.69, 9.17) is 16.3 Å². The Kier molecular flexibility index (Phi) is 6.26. The Bertz CT molecular complexity index is 1120. The molecule has 3 aromatic rings. The molecule has 1 aromatic heterocycles. The van der Waals surface area contributed by atoms with Crippen LogP contribution in [0.1, 0.15) is 21.7 Å². The van der Waals surface area contributed by atoms with Gasteiger partial charge >= 0.3 is 6.18 Å². The molecule has 1 aliphatic rings. The Morgan fingerprint density at radius 2 is 1.69 bits per heavy atom. The summed E-state index contributed by atoms with van der Waals surface area (Å²) < 4.78 is 63.1. The lowest BCUT2D eigenvalue weighted by Gasteiger charge is -2.28. The molecule has 1 aliphatic heterocycles. The molecule has 0 atom stereocenters. The van der Waals surface area contributed by atoms with Crippen LogP contribution in [0.4, 0.5) is 17.6 Å². The topological polar surface area (TPSA) is 34.5 Å². The van der Waals surface area contributed by atoms with Crippen molar-refractivity contribution in [3.8, 4) is 11.1 Å². The SMILES string of the molecule is O=C(c1c(-c2ccc(Cl)cc2F)cc(C(F)(F)F)n1Cc1ccccc1)N1CCOCC1. The van der Waals surface area contributed by atoms with Gasteiger partial charge < -0.3 is 14.2 Å². The van der Waals surface area contributed by atoms with Gasteiger partial charge in [0.2, 0.25) is 0 Å². The Labute approximate surface area is 187 Å². The molecule has 0 N–H and O–H groups in total. The Hall–Kier alpha value is -2.84. The molecule has 4 nitrogen and oxygen atoms in total. The largest absolute Gasteiger partial charge is 0.431 e. The first-order chi connectivity index (χ1) is 15.3. The monoisotopic (exact) mass is 466 g/mol. The molecule has 1 amide bonds. The van der Waals surface area contributed by atoms with E-state index in [0.29, 0.717) is 5.56 Å². The molecule has 1 fully saturated rings. The molecule has 1 saturated heterocycles. The van der Waals surface area contributed by atoms with Gasteiger partial charge in [0.05, 0.1) is 13.2 Å². The summed E-state index contributed by atoms with van der Waals surface area (Å²) in [5.41, 5.74) is -0.915. The standard InChI is InChI=1S/C23H19ClF4N2O2/c24-16-6-7-17(19(25)12-16)18-13-20(23(26,27)28)30(14-15-4-2-1-3-5-15)21(18)22(31)29-8-10-32-11-9-29/h1-7,12-13H,8-11,14H2. The van der Waals surface area contributed by atoms with Crippen molar-refractivity contribution in [1.29, 1.82) is 0 Å². The number of nitrogens with zero attached hydrogens (tertiary/aromatic N) is 2. The molecule has 0 radical (unpaired) electrons. The maximum atomic E-state index is 14.8. The highest BCUT2D eigenvalue weighted by Gasteiger charge is 2.39. The number of hydrogen-bond acceptors (Lipinski definition) is 2. The van der Waals surface area contributed by atoms with Gasteiger partial charge in [-0.2, -0.15) is 13.2 Å². The van der Waals surface area contributed by atoms with E-state index in [1.807, 2.05) is 0 Å². The predicted molar refractivity (Wildman–Crippen MR) is 112 cm³/mol. The first-order valence-electron chi connectivity index (χ1n) is 9.93. The van der Waals surface area contributed by atoms with Gasteiger partial charge in [0.25, 0.3) is 5.91 Å². The number of carbonyl (C=O) groups is 1. The predicted octanol–water partition coefficient (Wildman–Crippen LogP) is 5.49. The van der Waals surface area contributed by atoms with Crippen LogP contribution in [0.5, 0.6) is 0 Å². The quantitative estimate of drug-likeness (QED) is 0.477. The van der Waals surface area contributed by atoms with Crippen molar-refractivity contribution in [3.05, 3.63) is 82.4 Å². The first kappa shape index (κ1) is 22.4. The summed E-state index contributed by atoms with van der Waals surface area (Å²) in [4.78, 5) is 14.9. The molecule has 0 spiro atoms. The molecular formula is C23H19ClF4N2O2. The van der Waals surface area contributed by atoms with E-state index < -0.39 is 23.6 Å². The number of aromatic nitrogens is 1. The summed E-state index contributed by atoms with van der Waals surface area (Å²) in [6, 6.07) is 13.0. The van der Waals surface area contributed by atoms with Crippen LogP contribution in [0.25, 0.3) is 11.1 Å². The molecule has 0 saturated carbocycles. The molecule has 32 heavy (non-hydrogen) atoms. The van der Waals surface area contributed by atoms with E-state index in [1.165, 1.54) is 17.0 Å². The normalized spacial score (nSPS) is 14.6. The van der Waals surface area contributed by atoms with Crippen LogP contribution in [-0.4, -0.2) is 41.7 Å². The zero-order valence-electron chi connectivity index (χ0n) is 16.8. The van der Waals surface area contributed by atoms with Gasteiger partial charge in [-0.25, -0.2) is 4.39 Å². The van der Waals surface area contributed by atoms with Crippen molar-refractivity contribution < 1.29 is 27.1 Å². The van der Waals surface area contributed by atoms with Crippen LogP contribution in [0.15, 0.2) is 54.6 Å². The molecule has 2 heterocycles. The second kappa shape index (κ2) is 8.96. The number of morpholine rings is 1. The fourth-order valence-electron chi connectivity index (χ4n) is 3.77. The van der Waals surface area contributed by atoms with Gasteiger partial charge in [0.1, 0.15) is 17.2 Å². The smallest absolute Gasteiger partial charge is 0.378 e. The maximum Gasteiger partial charge on any atom is 0.431 e. The molecule has 2 aromatic carbocycles. The number of halogens is 5. The third kappa shape index (κ3) is 4.52. The van der Waals surface area contributed by atoms with E-state index in [9.17, 15) is 22.4 Å². The van der Waals surface area contributed by atoms with E-state index >= 15 is 0 Å². The summed E-state index contributed by atoms with van der Waals surface area (Å²) in [5.74, 6) is -1.41. The number of rotatable bonds is 4. The van der Waals surface area contributed by atoms with Gasteiger partial charge in [-0.1, -0.05) is 41.9 Å². The van der Waals surface area contributed by atoms with Gasteiger partial charge in [-0.15, -0.1) is 0 Å². The van der Waals surface area contributed by atoms with Crippen LogP contribution >= 0.6 is 11.6 Å². The Morgan fingerprint density at radius 1 is 1.00 bits per heavy atom. The number of benzene rings is 2. The van der Waals surface area contributed by atoms with E-state index in [-0.39, 0.29) is 54.7 Å². The minimum absolute atomic E-state index is 0.104. The lowest BCUT2D eigenvalue weighted by Crippen LogP contribution is -2.41. The molecule has 9 heteroatoms. The summed E-state index contributed by atoms with van der Waals surface area (Å²) in [6.07, 6.45) is -4.75. The van der Waals surface area contributed by atoms with Crippen molar-refractivity contribution in [2.24, 2.45) is 0 Å². The van der Waals surface area contributed by atoms with Crippen LogP contribution < -0.4 is 0 Å². The minimum atomic E-state index is -4.75. The highest BCUT2D eigenvalue weighted by Crippen LogP contribution is 2.39. The van der Waals surface area contributed by atoms with Crippen molar-refractivity contribution >= 4 is 17.5 Å². The number of amides is 1. The number of carbonyl (C=O) groups excluding carboxylic acids is 1. The van der Waals surface area contributed by atoms with Crippen LogP contribution in [0.3, 0.4) is 0 Å². The summed E-state index contributed by atoms with van der Waals surface area (Å²) in [6.45, 7) is 0.832. The minimum Gasteiger partial charge on any atom is -0.378 e. The number of ether oxygens (including phenoxy) is 1. The van der Waals surface area contributed by atoms with E-state index in [1.54, 1.807) is 30.3 Å². The summed E-state index contributed by atoms with van der Waals surface area (Å²) in [7, 11) is 0. The van der Waals surface area contributed by atoms with Gasteiger partial charge in [-0.05, 0) is 29.8 Å². The van der Waals surface area contributed by atoms with Crippen LogP contribution in [0.2, 0.25) is 5.02 Å². The Morgan fingerprint density at radius 3 is 2.31 bits per heavy atom. The molecule has 0 bridgehead atoms. The third-order valence-electron chi connectivity index (χ3n) is 5.29. The molecule has 0 unspecified atom stereocenters. The van der Waals surface area contributed by atoms with Crippen molar-refractivity contribution in [2.75, 3.05) is 26.3 Å². The average Bonchev–Trinajstić information content (AvgIpc) is 3.14. The van der Waals surface area contributed by atoms with Gasteiger partial charge in [-0.3, -0.25) is 4.79 Å². The maximum absolute atomic E-state index is 14.8. The van der Waals surface area contributed by atoms with E-state index in [2.05, 4.69) is 0 Å². The highest BCUT2D eigenvalue weighted by molar-refractivity contribution is 6.30. The van der Waals surface area contributed by atoms with Gasteiger partial charge in [0, 0.05) is 35.8 Å². The molecule has 0 aliphatic carbocycles. The average molecular weight is 467 g/mol. The van der Waals surface area contributed by atoms with E-state index in [0.717, 1.165) is 16.7 Å². The van der Waals surface area contributed by atoms with Crippen molar-refractivity contribution in [2.45, 2.75) is 12.7 Å². The molecule has 168 valence electrons. The second-order valence-corrected chi connectivity index (χ2v) is 7.83. The summed E-state index contributed by atoms with van der Waals surface area (Å²) in [5, 5.41) is 0.104. The number of hydrogen-bond donors (Lipinski definition) is 0. The number of alkyl halides is 3. The van der Waals surface area contributed by atoms with Crippen molar-refractivity contribution in [1.82, 2.24) is 9.47 Å². The summed E-state index contributed by atoms with van der Waals surface area (Å²) >= 11 is 5.83. The van der Waals surface area contributed by atoms with Crippen LogP contribution in [0, 0.1) is 5.82 Å². The van der Waals surface area contributed by atoms with Gasteiger partial charge in [0.15, 0.2) is 0 Å². The lowest BCUT2D eigenvalue weighted by molar-refractivity contribution is -0.143. The fraction of sp³-hybridized carbons (Fsp3) is 0.261. The molecular weight excluding hydrogens is 448 g/mol. The zero-order chi connectivity index (χ0) is 22.9. The fourth-order valence-corrected chi connectivity index (χ4v) is 3.93. The third-order valence-corrected chi connectivity index (χ3v) is 5.53. The zero-order valence-corrected chi connectivity index (χ0v) is 17.6. The van der Waals surface area contributed by atoms with Crippen LogP contribution in [-0.2, 0) is 17.5 Å². The lowest BCUT2D eigenvalue weighted by atomic mass is 10.0. The highest BCUT2D eigenvalue weighted by atomic mass is 35.5.